The predicted molar refractivity (Wildman–Crippen MR) is 57.5 cm³/mol. The number of benzene rings is 1. The molecule has 0 saturated carbocycles. The van der Waals surface area contributed by atoms with Crippen LogP contribution in [0.5, 0.6) is 0 Å². The Morgan fingerprint density at radius 2 is 2.07 bits per heavy atom. The van der Waals surface area contributed by atoms with Crippen LogP contribution in [0.3, 0.4) is 0 Å². The fraction of sp³-hybridized carbons (Fsp3) is 0.455. The van der Waals surface area contributed by atoms with Crippen molar-refractivity contribution in [3.05, 3.63) is 34.9 Å². The predicted octanol–water partition coefficient (Wildman–Crippen LogP) is 2.00. The maximum Gasteiger partial charge on any atom is 0.0650 e. The summed E-state index contributed by atoms with van der Waals surface area (Å²) >= 11 is 5.81. The minimum Gasteiger partial charge on any atom is -0.379 e. The van der Waals surface area contributed by atoms with Gasteiger partial charge in [-0.3, -0.25) is 0 Å². The molecule has 3 heteroatoms. The molecule has 1 aliphatic rings. The Hall–Kier alpha value is -0.570. The van der Waals surface area contributed by atoms with Crippen LogP contribution in [0.4, 0.5) is 0 Å². The van der Waals surface area contributed by atoms with Crippen molar-refractivity contribution in [3.63, 3.8) is 0 Å². The van der Waals surface area contributed by atoms with E-state index in [9.17, 15) is 0 Å². The van der Waals surface area contributed by atoms with Crippen molar-refractivity contribution in [1.82, 2.24) is 0 Å². The zero-order chi connectivity index (χ0) is 10.0. The van der Waals surface area contributed by atoms with E-state index in [4.69, 9.17) is 22.1 Å². The highest BCUT2D eigenvalue weighted by molar-refractivity contribution is 6.30. The molecule has 0 radical (unpaired) electrons. The van der Waals surface area contributed by atoms with Crippen LogP contribution in [-0.2, 0) is 11.2 Å². The van der Waals surface area contributed by atoms with E-state index >= 15 is 0 Å². The van der Waals surface area contributed by atoms with Crippen LogP contribution in [0.1, 0.15) is 12.0 Å². The first-order valence-corrected chi connectivity index (χ1v) is 5.17. The van der Waals surface area contributed by atoms with Gasteiger partial charge < -0.3 is 10.5 Å². The summed E-state index contributed by atoms with van der Waals surface area (Å²) < 4.78 is 5.30. The summed E-state index contributed by atoms with van der Waals surface area (Å²) in [6, 6.07) is 7.84. The first-order chi connectivity index (χ1) is 6.68. The van der Waals surface area contributed by atoms with Gasteiger partial charge in [0, 0.05) is 17.2 Å². The molecule has 1 atom stereocenters. The number of hydrogen-bond donors (Lipinski definition) is 1. The van der Waals surface area contributed by atoms with E-state index in [0.717, 1.165) is 24.5 Å². The lowest BCUT2D eigenvalue weighted by atomic mass is 9.91. The zero-order valence-electron chi connectivity index (χ0n) is 8.00. The molecule has 0 spiro atoms. The maximum atomic E-state index is 6.17. The second-order valence-corrected chi connectivity index (χ2v) is 4.40. The molecule has 2 rings (SSSR count). The fourth-order valence-electron chi connectivity index (χ4n) is 1.77. The van der Waals surface area contributed by atoms with Gasteiger partial charge in [-0.2, -0.15) is 0 Å². The Kier molecular flexibility index (Phi) is 2.77. The topological polar surface area (TPSA) is 35.2 Å². The zero-order valence-corrected chi connectivity index (χ0v) is 8.76. The normalized spacial score (nSPS) is 26.7. The average molecular weight is 212 g/mol. The number of nitrogens with two attached hydrogens (primary N) is 1. The highest BCUT2D eigenvalue weighted by atomic mass is 35.5. The SMILES string of the molecule is NC1(Cc2ccc(Cl)cc2)CCOC1. The van der Waals surface area contributed by atoms with Crippen LogP contribution in [0.2, 0.25) is 5.02 Å². The van der Waals surface area contributed by atoms with Gasteiger partial charge in [-0.25, -0.2) is 0 Å². The summed E-state index contributed by atoms with van der Waals surface area (Å²) in [5.41, 5.74) is 7.22. The lowest BCUT2D eigenvalue weighted by molar-refractivity contribution is 0.178. The molecule has 1 fully saturated rings. The van der Waals surface area contributed by atoms with Crippen LogP contribution in [0, 0.1) is 0 Å². The number of hydrogen-bond acceptors (Lipinski definition) is 2. The molecule has 1 saturated heterocycles. The Bertz CT molecular complexity index is 304. The third-order valence-electron chi connectivity index (χ3n) is 2.60. The smallest absolute Gasteiger partial charge is 0.0650 e. The Morgan fingerprint density at radius 1 is 1.36 bits per heavy atom. The van der Waals surface area contributed by atoms with E-state index in [1.165, 1.54) is 5.56 Å². The highest BCUT2D eigenvalue weighted by Gasteiger charge is 2.30. The molecule has 2 N–H and O–H groups in total. The molecule has 1 unspecified atom stereocenters. The van der Waals surface area contributed by atoms with Gasteiger partial charge in [-0.1, -0.05) is 23.7 Å². The summed E-state index contributed by atoms with van der Waals surface area (Å²) in [5.74, 6) is 0. The van der Waals surface area contributed by atoms with Crippen LogP contribution >= 0.6 is 11.6 Å². The first-order valence-electron chi connectivity index (χ1n) is 4.79. The number of halogens is 1. The molecule has 1 aliphatic heterocycles. The first kappa shape index (κ1) is 9.97. The van der Waals surface area contributed by atoms with Gasteiger partial charge >= 0.3 is 0 Å². The van der Waals surface area contributed by atoms with Crippen LogP contribution in [0.15, 0.2) is 24.3 Å². The van der Waals surface area contributed by atoms with E-state index in [1.807, 2.05) is 24.3 Å². The van der Waals surface area contributed by atoms with Crippen molar-refractivity contribution in [2.45, 2.75) is 18.4 Å². The maximum absolute atomic E-state index is 6.17. The Balaban J connectivity index is 2.06. The van der Waals surface area contributed by atoms with Crippen LogP contribution in [0.25, 0.3) is 0 Å². The molecular weight excluding hydrogens is 198 g/mol. The van der Waals surface area contributed by atoms with Crippen molar-refractivity contribution in [3.8, 4) is 0 Å². The lowest BCUT2D eigenvalue weighted by Gasteiger charge is -2.21. The number of ether oxygens (including phenoxy) is 1. The highest BCUT2D eigenvalue weighted by Crippen LogP contribution is 2.21. The quantitative estimate of drug-likeness (QED) is 0.812. The van der Waals surface area contributed by atoms with Gasteiger partial charge in [-0.15, -0.1) is 0 Å². The molecular formula is C11H14ClNO. The minimum atomic E-state index is -0.173. The molecule has 1 aromatic carbocycles. The minimum absolute atomic E-state index is 0.173. The van der Waals surface area contributed by atoms with E-state index in [-0.39, 0.29) is 5.54 Å². The van der Waals surface area contributed by atoms with Crippen LogP contribution < -0.4 is 5.73 Å². The third-order valence-corrected chi connectivity index (χ3v) is 2.86. The van der Waals surface area contributed by atoms with Gasteiger partial charge in [0.2, 0.25) is 0 Å². The average Bonchev–Trinajstić information content (AvgIpc) is 2.57. The van der Waals surface area contributed by atoms with Crippen molar-refractivity contribution < 1.29 is 4.74 Å². The molecule has 1 aromatic rings. The van der Waals surface area contributed by atoms with Crippen molar-refractivity contribution in [2.24, 2.45) is 5.73 Å². The van der Waals surface area contributed by atoms with Crippen LogP contribution in [-0.4, -0.2) is 18.8 Å². The second-order valence-electron chi connectivity index (χ2n) is 3.97. The van der Waals surface area contributed by atoms with E-state index in [2.05, 4.69) is 0 Å². The van der Waals surface area contributed by atoms with E-state index in [1.54, 1.807) is 0 Å². The standard InChI is InChI=1S/C11H14ClNO/c12-10-3-1-9(2-4-10)7-11(13)5-6-14-8-11/h1-4H,5-8,13H2. The molecule has 14 heavy (non-hydrogen) atoms. The largest absolute Gasteiger partial charge is 0.379 e. The number of rotatable bonds is 2. The Morgan fingerprint density at radius 3 is 2.64 bits per heavy atom. The van der Waals surface area contributed by atoms with E-state index < -0.39 is 0 Å². The van der Waals surface area contributed by atoms with Gasteiger partial charge in [0.25, 0.3) is 0 Å². The molecule has 2 nitrogen and oxygen atoms in total. The van der Waals surface area contributed by atoms with E-state index in [0.29, 0.717) is 6.61 Å². The summed E-state index contributed by atoms with van der Waals surface area (Å²) in [6.45, 7) is 1.44. The molecule has 0 bridgehead atoms. The molecule has 1 heterocycles. The summed E-state index contributed by atoms with van der Waals surface area (Å²) in [5, 5.41) is 0.766. The molecule has 0 amide bonds. The fourth-order valence-corrected chi connectivity index (χ4v) is 1.90. The molecule has 0 aromatic heterocycles. The Labute approximate surface area is 89.0 Å². The third kappa shape index (κ3) is 2.27. The summed E-state index contributed by atoms with van der Waals surface area (Å²) in [4.78, 5) is 0. The van der Waals surface area contributed by atoms with Gasteiger partial charge in [0.1, 0.15) is 0 Å². The second kappa shape index (κ2) is 3.89. The lowest BCUT2D eigenvalue weighted by Crippen LogP contribution is -2.42. The van der Waals surface area contributed by atoms with Crippen molar-refractivity contribution >= 4 is 11.6 Å². The van der Waals surface area contributed by atoms with Gasteiger partial charge in [0.15, 0.2) is 0 Å². The van der Waals surface area contributed by atoms with Gasteiger partial charge in [0.05, 0.1) is 6.61 Å². The molecule has 76 valence electrons. The monoisotopic (exact) mass is 211 g/mol. The van der Waals surface area contributed by atoms with Crippen molar-refractivity contribution in [1.29, 1.82) is 0 Å². The molecule has 0 aliphatic carbocycles. The van der Waals surface area contributed by atoms with Crippen molar-refractivity contribution in [2.75, 3.05) is 13.2 Å². The van der Waals surface area contributed by atoms with Gasteiger partial charge in [-0.05, 0) is 30.5 Å². The summed E-state index contributed by atoms with van der Waals surface area (Å²) in [7, 11) is 0. The summed E-state index contributed by atoms with van der Waals surface area (Å²) in [6.07, 6.45) is 1.81.